The van der Waals surface area contributed by atoms with Crippen LogP contribution < -0.4 is 14.8 Å². The standard InChI is InChI=1S/C25H29N3O5/c1-19(29)27-21-5-9-23(10-6-21)31-15-24-16-32-25(33-24,17-28-14-13-26-18-28)12-11-20-3-7-22(30-2)8-4-20/h3-10,13-14,18,24H,11-12,15-17H2,1-2H3,(H,27,29)/t24-,25+/m1/s1. The third-order valence-electron chi connectivity index (χ3n) is 5.46. The van der Waals surface area contributed by atoms with E-state index in [1.54, 1.807) is 31.8 Å². The number of hydrogen-bond acceptors (Lipinski definition) is 6. The first-order valence-corrected chi connectivity index (χ1v) is 10.9. The molecular weight excluding hydrogens is 422 g/mol. The van der Waals surface area contributed by atoms with Crippen LogP contribution in [0.1, 0.15) is 18.9 Å². The Balaban J connectivity index is 1.36. The first-order valence-electron chi connectivity index (χ1n) is 10.9. The van der Waals surface area contributed by atoms with E-state index in [1.807, 2.05) is 35.0 Å². The summed E-state index contributed by atoms with van der Waals surface area (Å²) < 4.78 is 25.8. The second kappa shape index (κ2) is 10.5. The minimum absolute atomic E-state index is 0.107. The molecule has 0 radical (unpaired) electrons. The van der Waals surface area contributed by atoms with Crippen LogP contribution in [0.5, 0.6) is 11.5 Å². The third kappa shape index (κ3) is 6.34. The predicted octanol–water partition coefficient (Wildman–Crippen LogP) is 3.67. The van der Waals surface area contributed by atoms with Crippen molar-refractivity contribution in [3.05, 3.63) is 72.8 Å². The van der Waals surface area contributed by atoms with Crippen LogP contribution in [-0.4, -0.2) is 47.7 Å². The van der Waals surface area contributed by atoms with E-state index < -0.39 is 5.79 Å². The Morgan fingerprint density at radius 1 is 1.18 bits per heavy atom. The number of methoxy groups -OCH3 is 1. The molecule has 0 unspecified atom stereocenters. The Bertz CT molecular complexity index is 1020. The summed E-state index contributed by atoms with van der Waals surface area (Å²) in [5, 5.41) is 2.74. The number of ether oxygens (including phenoxy) is 4. The summed E-state index contributed by atoms with van der Waals surface area (Å²) >= 11 is 0. The fraction of sp³-hybridized carbons (Fsp3) is 0.360. The Morgan fingerprint density at radius 3 is 2.61 bits per heavy atom. The van der Waals surface area contributed by atoms with Crippen LogP contribution in [0.3, 0.4) is 0 Å². The lowest BCUT2D eigenvalue weighted by atomic mass is 10.0. The predicted molar refractivity (Wildman–Crippen MR) is 123 cm³/mol. The van der Waals surface area contributed by atoms with Gasteiger partial charge in [0.15, 0.2) is 5.79 Å². The maximum absolute atomic E-state index is 11.2. The lowest BCUT2D eigenvalue weighted by Gasteiger charge is -2.28. The van der Waals surface area contributed by atoms with E-state index in [1.165, 1.54) is 12.5 Å². The molecule has 2 aromatic carbocycles. The van der Waals surface area contributed by atoms with Crippen molar-refractivity contribution < 1.29 is 23.7 Å². The number of hydrogen-bond donors (Lipinski definition) is 1. The lowest BCUT2D eigenvalue weighted by Crippen LogP contribution is -2.37. The quantitative estimate of drug-likeness (QED) is 0.506. The van der Waals surface area contributed by atoms with Gasteiger partial charge in [0, 0.05) is 31.4 Å². The number of carbonyl (C=O) groups excluding carboxylic acids is 1. The number of aromatic nitrogens is 2. The molecule has 1 aliphatic rings. The van der Waals surface area contributed by atoms with Crippen molar-refractivity contribution in [3.63, 3.8) is 0 Å². The third-order valence-corrected chi connectivity index (χ3v) is 5.46. The fourth-order valence-electron chi connectivity index (χ4n) is 3.80. The van der Waals surface area contributed by atoms with Gasteiger partial charge in [0.05, 0.1) is 26.6 Å². The van der Waals surface area contributed by atoms with E-state index in [2.05, 4.69) is 22.4 Å². The smallest absolute Gasteiger partial charge is 0.221 e. The van der Waals surface area contributed by atoms with Gasteiger partial charge in [-0.15, -0.1) is 0 Å². The van der Waals surface area contributed by atoms with Crippen molar-refractivity contribution in [1.29, 1.82) is 0 Å². The summed E-state index contributed by atoms with van der Waals surface area (Å²) in [6, 6.07) is 15.3. The molecular formula is C25H29N3O5. The first-order chi connectivity index (χ1) is 16.0. The minimum atomic E-state index is -0.760. The minimum Gasteiger partial charge on any atom is -0.497 e. The number of anilines is 1. The zero-order valence-electron chi connectivity index (χ0n) is 18.9. The number of rotatable bonds is 10. The highest BCUT2D eigenvalue weighted by molar-refractivity contribution is 5.88. The summed E-state index contributed by atoms with van der Waals surface area (Å²) in [6.07, 6.45) is 6.72. The summed E-state index contributed by atoms with van der Waals surface area (Å²) in [5.74, 6) is 0.675. The van der Waals surface area contributed by atoms with Gasteiger partial charge in [0.2, 0.25) is 5.91 Å². The van der Waals surface area contributed by atoms with E-state index in [4.69, 9.17) is 18.9 Å². The summed E-state index contributed by atoms with van der Waals surface area (Å²) in [4.78, 5) is 15.3. The second-order valence-corrected chi connectivity index (χ2v) is 8.06. The molecule has 3 aromatic rings. The van der Waals surface area contributed by atoms with E-state index in [9.17, 15) is 4.79 Å². The zero-order chi connectivity index (χ0) is 23.1. The number of aryl methyl sites for hydroxylation is 1. The van der Waals surface area contributed by atoms with Crippen LogP contribution >= 0.6 is 0 Å². The van der Waals surface area contributed by atoms with Gasteiger partial charge in [-0.1, -0.05) is 12.1 Å². The normalized spacial score (nSPS) is 19.9. The number of nitrogens with one attached hydrogen (secondary N) is 1. The van der Waals surface area contributed by atoms with Crippen molar-refractivity contribution in [2.24, 2.45) is 0 Å². The molecule has 4 rings (SSSR count). The van der Waals surface area contributed by atoms with Crippen LogP contribution in [0.4, 0.5) is 5.69 Å². The van der Waals surface area contributed by atoms with Gasteiger partial charge in [-0.2, -0.15) is 0 Å². The zero-order valence-corrected chi connectivity index (χ0v) is 18.9. The summed E-state index contributed by atoms with van der Waals surface area (Å²) in [7, 11) is 1.66. The number of amides is 1. The van der Waals surface area contributed by atoms with E-state index in [0.717, 1.165) is 17.9 Å². The molecule has 0 aliphatic carbocycles. The van der Waals surface area contributed by atoms with Crippen LogP contribution in [0.2, 0.25) is 0 Å². The fourth-order valence-corrected chi connectivity index (χ4v) is 3.80. The van der Waals surface area contributed by atoms with Crippen molar-refractivity contribution in [2.45, 2.75) is 38.2 Å². The number of carbonyl (C=O) groups is 1. The van der Waals surface area contributed by atoms with Gasteiger partial charge in [-0.25, -0.2) is 4.98 Å². The van der Waals surface area contributed by atoms with Gasteiger partial charge in [-0.05, 0) is 48.4 Å². The molecule has 1 aromatic heterocycles. The van der Waals surface area contributed by atoms with Crippen molar-refractivity contribution in [3.8, 4) is 11.5 Å². The summed E-state index contributed by atoms with van der Waals surface area (Å²) in [6.45, 7) is 2.84. The van der Waals surface area contributed by atoms with Crippen LogP contribution in [0.25, 0.3) is 0 Å². The van der Waals surface area contributed by atoms with Gasteiger partial charge >= 0.3 is 0 Å². The van der Waals surface area contributed by atoms with Crippen molar-refractivity contribution >= 4 is 11.6 Å². The maximum Gasteiger partial charge on any atom is 0.221 e. The lowest BCUT2D eigenvalue weighted by molar-refractivity contribution is -0.184. The SMILES string of the molecule is COc1ccc(CC[C@]2(Cn3ccnc3)OC[C@@H](COc3ccc(NC(C)=O)cc3)O2)cc1. The molecule has 0 bridgehead atoms. The molecule has 2 atom stereocenters. The second-order valence-electron chi connectivity index (χ2n) is 8.06. The molecule has 1 amide bonds. The molecule has 2 heterocycles. The highest BCUT2D eigenvalue weighted by Gasteiger charge is 2.42. The van der Waals surface area contributed by atoms with Crippen LogP contribution in [-0.2, 0) is 27.2 Å². The van der Waals surface area contributed by atoms with Crippen LogP contribution in [0, 0.1) is 0 Å². The number of imidazole rings is 1. The molecule has 1 saturated heterocycles. The Morgan fingerprint density at radius 2 is 1.94 bits per heavy atom. The number of benzene rings is 2. The monoisotopic (exact) mass is 451 g/mol. The van der Waals surface area contributed by atoms with Gasteiger partial charge in [0.25, 0.3) is 0 Å². The molecule has 0 saturated carbocycles. The molecule has 1 fully saturated rings. The largest absolute Gasteiger partial charge is 0.497 e. The number of nitrogens with zero attached hydrogens (tertiary/aromatic N) is 2. The maximum atomic E-state index is 11.2. The van der Waals surface area contributed by atoms with E-state index >= 15 is 0 Å². The topological polar surface area (TPSA) is 83.8 Å². The van der Waals surface area contributed by atoms with Gasteiger partial charge < -0.3 is 28.8 Å². The Hall–Kier alpha value is -3.36. The average Bonchev–Trinajstić information content (AvgIpc) is 3.48. The van der Waals surface area contributed by atoms with Crippen LogP contribution in [0.15, 0.2) is 67.3 Å². The average molecular weight is 452 g/mol. The first kappa shape index (κ1) is 22.8. The van der Waals surface area contributed by atoms with Gasteiger partial charge in [0.1, 0.15) is 24.2 Å². The van der Waals surface area contributed by atoms with Crippen molar-refractivity contribution in [2.75, 3.05) is 25.6 Å². The Kier molecular flexibility index (Phi) is 7.26. The van der Waals surface area contributed by atoms with E-state index in [0.29, 0.717) is 31.9 Å². The van der Waals surface area contributed by atoms with Crippen molar-refractivity contribution in [1.82, 2.24) is 9.55 Å². The molecule has 174 valence electrons. The van der Waals surface area contributed by atoms with E-state index in [-0.39, 0.29) is 12.0 Å². The highest BCUT2D eigenvalue weighted by atomic mass is 16.8. The summed E-state index contributed by atoms with van der Waals surface area (Å²) in [5.41, 5.74) is 1.92. The molecule has 1 aliphatic heterocycles. The molecule has 8 nitrogen and oxygen atoms in total. The highest BCUT2D eigenvalue weighted by Crippen LogP contribution is 2.31. The Labute approximate surface area is 193 Å². The molecule has 33 heavy (non-hydrogen) atoms. The van der Waals surface area contributed by atoms with Gasteiger partial charge in [-0.3, -0.25) is 4.79 Å². The molecule has 8 heteroatoms. The molecule has 1 N–H and O–H groups in total. The molecule has 0 spiro atoms.